The second-order valence-corrected chi connectivity index (χ2v) is 14.6. The van der Waals surface area contributed by atoms with Gasteiger partial charge >= 0.3 is 6.01 Å². The Morgan fingerprint density at radius 3 is 2.56 bits per heavy atom. The number of halogens is 3. The molecule has 6 heterocycles. The minimum atomic E-state index is -0.963. The highest BCUT2D eigenvalue weighted by Crippen LogP contribution is 2.49. The van der Waals surface area contributed by atoms with E-state index in [4.69, 9.17) is 20.2 Å². The number of piperazine rings is 1. The van der Waals surface area contributed by atoms with Crippen molar-refractivity contribution < 1.29 is 27.8 Å². The molecule has 4 aliphatic heterocycles. The molecule has 4 aromatic rings. The molecule has 3 fully saturated rings. The standard InChI is InChI=1S/C34H36F3N7O3S/c1-16(45)9-43-11-18-3-4-19(12-43)44(18)33-28-23-15-46-14-22(23)27(29-24(36)5-6-25-26(29)21(8-38)32(39)48-25)30(37)31(28)40-34(41-33)47-13-20-7-17(35)10-42(20)2/h5-6,16-20,45H,3-4,7,9-15,39H2,1-2H3. The number of nitrogen functional groups attached to an aromatic ring is 1. The largest absolute Gasteiger partial charge is 0.462 e. The zero-order valence-electron chi connectivity index (χ0n) is 26.7. The molecule has 0 aliphatic carbocycles. The number of alkyl halides is 1. The van der Waals surface area contributed by atoms with Crippen molar-refractivity contribution in [2.24, 2.45) is 0 Å². The summed E-state index contributed by atoms with van der Waals surface area (Å²) in [5.74, 6) is -0.914. The van der Waals surface area contributed by atoms with Gasteiger partial charge in [-0.05, 0) is 56.5 Å². The van der Waals surface area contributed by atoms with Crippen LogP contribution in [0.1, 0.15) is 42.9 Å². The number of nitrogens with two attached hydrogens (primary N) is 1. The van der Waals surface area contributed by atoms with E-state index in [0.717, 1.165) is 24.2 Å². The maximum absolute atomic E-state index is 17.4. The number of anilines is 2. The lowest BCUT2D eigenvalue weighted by atomic mass is 9.90. The molecule has 0 radical (unpaired) electrons. The van der Waals surface area contributed by atoms with Gasteiger partial charge in [-0.1, -0.05) is 0 Å². The third-order valence-electron chi connectivity index (χ3n) is 10.3. The summed E-state index contributed by atoms with van der Waals surface area (Å²) < 4.78 is 60.1. The first-order chi connectivity index (χ1) is 23.1. The fourth-order valence-corrected chi connectivity index (χ4v) is 9.21. The Hall–Kier alpha value is -3.74. The molecule has 3 saturated heterocycles. The zero-order valence-corrected chi connectivity index (χ0v) is 27.5. The van der Waals surface area contributed by atoms with Crippen LogP contribution in [0.15, 0.2) is 12.1 Å². The Morgan fingerprint density at radius 2 is 1.88 bits per heavy atom. The van der Waals surface area contributed by atoms with Crippen LogP contribution in [0.2, 0.25) is 0 Å². The molecule has 2 bridgehead atoms. The van der Waals surface area contributed by atoms with Crippen molar-refractivity contribution in [3.8, 4) is 23.2 Å². The fourth-order valence-electron chi connectivity index (χ4n) is 8.28. The Kier molecular flexibility index (Phi) is 7.88. The van der Waals surface area contributed by atoms with Crippen LogP contribution in [-0.2, 0) is 18.0 Å². The summed E-state index contributed by atoms with van der Waals surface area (Å²) in [6.07, 6.45) is 0.679. The topological polar surface area (TPSA) is 124 Å². The molecule has 0 spiro atoms. The number of rotatable bonds is 7. The number of likely N-dealkylation sites (N-methyl/N-ethyl adjacent to an activating group) is 1. The van der Waals surface area contributed by atoms with Crippen molar-refractivity contribution in [2.45, 2.75) is 69.8 Å². The van der Waals surface area contributed by atoms with E-state index in [1.165, 1.54) is 6.07 Å². The van der Waals surface area contributed by atoms with Gasteiger partial charge in [-0.2, -0.15) is 15.2 Å². The van der Waals surface area contributed by atoms with Gasteiger partial charge in [-0.25, -0.2) is 13.2 Å². The molecule has 5 atom stereocenters. The van der Waals surface area contributed by atoms with Crippen LogP contribution in [0.3, 0.4) is 0 Å². The number of hydrogen-bond donors (Lipinski definition) is 2. The van der Waals surface area contributed by atoms with Crippen molar-refractivity contribution in [3.63, 3.8) is 0 Å². The summed E-state index contributed by atoms with van der Waals surface area (Å²) in [4.78, 5) is 15.9. The summed E-state index contributed by atoms with van der Waals surface area (Å²) in [7, 11) is 1.84. The lowest BCUT2D eigenvalue weighted by molar-refractivity contribution is 0.111. The maximum Gasteiger partial charge on any atom is 0.319 e. The molecule has 3 N–H and O–H groups in total. The molecule has 252 valence electrons. The van der Waals surface area contributed by atoms with E-state index >= 15 is 8.78 Å². The Labute approximate surface area is 279 Å². The van der Waals surface area contributed by atoms with Crippen LogP contribution in [0.5, 0.6) is 6.01 Å². The number of likely N-dealkylation sites (tertiary alicyclic amines) is 2. The number of nitrogens with zero attached hydrogens (tertiary/aromatic N) is 6. The van der Waals surface area contributed by atoms with E-state index in [2.05, 4.69) is 20.9 Å². The molecule has 0 amide bonds. The highest BCUT2D eigenvalue weighted by atomic mass is 32.1. The number of aliphatic hydroxyl groups excluding tert-OH is 1. The number of hydrogen-bond acceptors (Lipinski definition) is 11. The normalized spacial score (nSPS) is 24.9. The van der Waals surface area contributed by atoms with E-state index in [1.807, 2.05) is 11.9 Å². The maximum atomic E-state index is 17.4. The monoisotopic (exact) mass is 679 g/mol. The van der Waals surface area contributed by atoms with Crippen molar-refractivity contribution in [3.05, 3.63) is 40.5 Å². The van der Waals surface area contributed by atoms with Crippen LogP contribution in [-0.4, -0.2) is 95.1 Å². The van der Waals surface area contributed by atoms with Crippen LogP contribution in [0.25, 0.3) is 32.1 Å². The minimum Gasteiger partial charge on any atom is -0.462 e. The highest BCUT2D eigenvalue weighted by molar-refractivity contribution is 7.23. The smallest absolute Gasteiger partial charge is 0.319 e. The molecule has 8 rings (SSSR count). The van der Waals surface area contributed by atoms with Gasteiger partial charge in [0.15, 0.2) is 5.82 Å². The van der Waals surface area contributed by atoms with Crippen molar-refractivity contribution in [1.82, 2.24) is 19.8 Å². The molecule has 4 aliphatic rings. The molecule has 48 heavy (non-hydrogen) atoms. The van der Waals surface area contributed by atoms with Crippen LogP contribution < -0.4 is 15.4 Å². The first-order valence-electron chi connectivity index (χ1n) is 16.3. The molecule has 0 saturated carbocycles. The second-order valence-electron chi connectivity index (χ2n) is 13.5. The van der Waals surface area contributed by atoms with Gasteiger partial charge in [0.2, 0.25) is 0 Å². The number of aliphatic hydroxyl groups is 1. The number of aromatic nitrogens is 2. The summed E-state index contributed by atoms with van der Waals surface area (Å²) in [5, 5.41) is 21.1. The first-order valence-corrected chi connectivity index (χ1v) is 17.1. The van der Waals surface area contributed by atoms with Gasteiger partial charge in [-0.15, -0.1) is 11.3 Å². The predicted octanol–water partition coefficient (Wildman–Crippen LogP) is 4.73. The number of ether oxygens (including phenoxy) is 2. The number of β-amino-alcohol motifs (C(OH)–C–C–N with tert-alkyl or cyclic N) is 1. The van der Waals surface area contributed by atoms with Crippen molar-refractivity contribution >= 4 is 43.1 Å². The average molecular weight is 680 g/mol. The Balaban J connectivity index is 1.34. The van der Waals surface area contributed by atoms with Gasteiger partial charge in [0, 0.05) is 65.5 Å². The molecule has 2 aromatic carbocycles. The van der Waals surface area contributed by atoms with E-state index in [1.54, 1.807) is 13.0 Å². The van der Waals surface area contributed by atoms with Crippen molar-refractivity contribution in [1.29, 1.82) is 5.26 Å². The molecule has 10 nitrogen and oxygen atoms in total. The lowest BCUT2D eigenvalue weighted by Gasteiger charge is -2.42. The van der Waals surface area contributed by atoms with E-state index < -0.39 is 23.9 Å². The molecular weight excluding hydrogens is 643 g/mol. The Morgan fingerprint density at radius 1 is 1.12 bits per heavy atom. The molecule has 5 unspecified atom stereocenters. The van der Waals surface area contributed by atoms with Crippen LogP contribution >= 0.6 is 11.3 Å². The summed E-state index contributed by atoms with van der Waals surface area (Å²) in [6, 6.07) is 4.77. The molecule has 14 heteroatoms. The first kappa shape index (κ1) is 31.5. The SMILES string of the molecule is CC(O)CN1CC2CCC(C1)N2c1nc(OCC2CC(F)CN2C)nc2c(F)c(-c3c(F)ccc4sc(N)c(C#N)c34)c3c(c12)COC3. The average Bonchev–Trinajstić information content (AvgIpc) is 3.79. The third-order valence-corrected chi connectivity index (χ3v) is 11.3. The van der Waals surface area contributed by atoms with E-state index in [0.29, 0.717) is 59.6 Å². The zero-order chi connectivity index (χ0) is 33.4. The Bertz CT molecular complexity index is 1970. The molecule has 2 aromatic heterocycles. The fraction of sp³-hybridized carbons (Fsp3) is 0.500. The van der Waals surface area contributed by atoms with Crippen LogP contribution in [0.4, 0.5) is 24.0 Å². The van der Waals surface area contributed by atoms with Gasteiger partial charge in [0.05, 0.1) is 30.3 Å². The van der Waals surface area contributed by atoms with Gasteiger partial charge in [0.1, 0.15) is 41.0 Å². The van der Waals surface area contributed by atoms with Crippen molar-refractivity contribution in [2.75, 3.05) is 50.5 Å². The summed E-state index contributed by atoms with van der Waals surface area (Å²) >= 11 is 1.15. The number of thiophene rings is 1. The number of nitriles is 1. The third kappa shape index (κ3) is 5.06. The van der Waals surface area contributed by atoms with E-state index in [9.17, 15) is 14.8 Å². The van der Waals surface area contributed by atoms with E-state index in [-0.39, 0.29) is 76.6 Å². The number of benzene rings is 2. The summed E-state index contributed by atoms with van der Waals surface area (Å²) in [5.41, 5.74) is 7.34. The predicted molar refractivity (Wildman–Crippen MR) is 177 cm³/mol. The minimum absolute atomic E-state index is 0.0106. The summed E-state index contributed by atoms with van der Waals surface area (Å²) in [6.45, 7) is 4.35. The lowest BCUT2D eigenvalue weighted by Crippen LogP contribution is -2.55. The van der Waals surface area contributed by atoms with Gasteiger partial charge in [0.25, 0.3) is 0 Å². The quantitative estimate of drug-likeness (QED) is 0.284. The van der Waals surface area contributed by atoms with Gasteiger partial charge < -0.3 is 25.2 Å². The van der Waals surface area contributed by atoms with Crippen LogP contribution in [0, 0.1) is 23.0 Å². The number of fused-ring (bicyclic) bond motifs is 6. The second kappa shape index (κ2) is 12.0. The van der Waals surface area contributed by atoms with Gasteiger partial charge in [-0.3, -0.25) is 9.80 Å². The molecular formula is C34H36F3N7O3S. The highest BCUT2D eigenvalue weighted by Gasteiger charge is 2.43.